The van der Waals surface area contributed by atoms with Crippen LogP contribution in [0.2, 0.25) is 0 Å². The van der Waals surface area contributed by atoms with Crippen LogP contribution in [0.1, 0.15) is 0 Å². The molecule has 0 aliphatic carbocycles. The Balaban J connectivity index is 0. The zero-order valence-corrected chi connectivity index (χ0v) is 5.30. The highest BCUT2D eigenvalue weighted by Crippen LogP contribution is 2.21. The Morgan fingerprint density at radius 1 is 1.29 bits per heavy atom. The molecule has 0 spiro atoms. The van der Waals surface area contributed by atoms with Gasteiger partial charge >= 0.3 is 0 Å². The van der Waals surface area contributed by atoms with E-state index in [1.54, 1.807) is 0 Å². The van der Waals surface area contributed by atoms with Gasteiger partial charge in [-0.2, -0.15) is 0 Å². The van der Waals surface area contributed by atoms with Gasteiger partial charge in [-0.25, -0.2) is 0 Å². The number of rotatable bonds is 0. The summed E-state index contributed by atoms with van der Waals surface area (Å²) in [6.45, 7) is 0. The predicted octanol–water partition coefficient (Wildman–Crippen LogP) is 1.71. The van der Waals surface area contributed by atoms with Crippen molar-refractivity contribution in [3.8, 4) is 0 Å². The summed E-state index contributed by atoms with van der Waals surface area (Å²) in [5.41, 5.74) is 0. The maximum absolute atomic E-state index is 9.43. The van der Waals surface area contributed by atoms with Crippen LogP contribution in [0.3, 0.4) is 0 Å². The molecule has 1 nitrogen and oxygen atoms in total. The molecule has 0 aromatic rings. The second-order valence-corrected chi connectivity index (χ2v) is 3.03. The first kappa shape index (κ1) is 10.5. The van der Waals surface area contributed by atoms with Gasteiger partial charge < -0.3 is 0 Å². The molecule has 0 saturated heterocycles. The molecule has 0 atom stereocenters. The normalized spacial score (nSPS) is 9.57. The van der Waals surface area contributed by atoms with Crippen molar-refractivity contribution in [2.75, 3.05) is 0 Å². The molecule has 0 aromatic heterocycles. The first-order valence-corrected chi connectivity index (χ1v) is 2.23. The molecule has 0 amide bonds. The lowest BCUT2D eigenvalue weighted by Crippen LogP contribution is -2.00. The van der Waals surface area contributed by atoms with Crippen molar-refractivity contribution in [1.82, 2.24) is 0 Å². The van der Waals surface area contributed by atoms with Gasteiger partial charge in [0.2, 0.25) is 3.79 Å². The molecule has 7 heavy (non-hydrogen) atoms. The van der Waals surface area contributed by atoms with Gasteiger partial charge in [0.25, 0.3) is 0 Å². The first-order valence-electron chi connectivity index (χ1n) is 1.09. The number of aldehydes is 1. The number of alkyl halides is 3. The summed E-state index contributed by atoms with van der Waals surface area (Å²) in [7, 11) is 0. The largest absolute Gasteiger partial charge is 0.299 e. The van der Waals surface area contributed by atoms with Crippen LogP contribution in [-0.4, -0.2) is 10.1 Å². The highest BCUT2D eigenvalue weighted by molar-refractivity contribution is 6.74. The molecule has 0 aliphatic rings. The fourth-order valence-electron chi connectivity index (χ4n) is 0. The van der Waals surface area contributed by atoms with Gasteiger partial charge in [0.15, 0.2) is 6.29 Å². The van der Waals surface area contributed by atoms with Crippen LogP contribution >= 0.6 is 34.8 Å². The molecule has 0 aliphatic heterocycles. The maximum atomic E-state index is 9.43. The third-order valence-electron chi connectivity index (χ3n) is 0.134. The topological polar surface area (TPSA) is 17.1 Å². The molecule has 0 radical (unpaired) electrons. The zero-order valence-electron chi connectivity index (χ0n) is 3.03. The van der Waals surface area contributed by atoms with E-state index in [-0.39, 0.29) is 11.0 Å². The summed E-state index contributed by atoms with van der Waals surface area (Å²) < 4.78 is -1.72. The summed E-state index contributed by atoms with van der Waals surface area (Å²) in [6.07, 6.45) is 0.234. The lowest BCUT2D eigenvalue weighted by atomic mass is 10.9. The second kappa shape index (κ2) is 3.47. The van der Waals surface area contributed by atoms with Crippen molar-refractivity contribution in [1.29, 1.82) is 0 Å². The van der Waals surface area contributed by atoms with Gasteiger partial charge in [0, 0.05) is 0 Å². The monoisotopic (exact) mass is 166 g/mol. The van der Waals surface area contributed by atoms with Gasteiger partial charge in [-0.1, -0.05) is 34.8 Å². The van der Waals surface area contributed by atoms with Crippen LogP contribution in [0.4, 0.5) is 4.70 Å². The van der Waals surface area contributed by atoms with Gasteiger partial charge in [0.1, 0.15) is 0 Å². The standard InChI is InChI=1S/C2HCl3O.FH/c3-2(4,5)1-6;/h1H;1H. The van der Waals surface area contributed by atoms with E-state index in [4.69, 9.17) is 34.8 Å². The van der Waals surface area contributed by atoms with Gasteiger partial charge in [-0.15, -0.1) is 0 Å². The molecule has 0 unspecified atom stereocenters. The highest BCUT2D eigenvalue weighted by atomic mass is 35.6. The van der Waals surface area contributed by atoms with E-state index >= 15 is 0 Å². The molecule has 0 aromatic carbocycles. The molecule has 0 heterocycles. The molecule has 0 fully saturated rings. The molecule has 0 N–H and O–H groups in total. The molecule has 0 saturated carbocycles. The van der Waals surface area contributed by atoms with Crippen molar-refractivity contribution >= 4 is 41.1 Å². The quantitative estimate of drug-likeness (QED) is 0.396. The van der Waals surface area contributed by atoms with Gasteiger partial charge in [0.05, 0.1) is 0 Å². The predicted molar refractivity (Wildman–Crippen MR) is 28.9 cm³/mol. The third-order valence-corrected chi connectivity index (χ3v) is 0.401. The molecule has 5 heteroatoms. The number of carbonyl (C=O) groups excluding carboxylic acids is 1. The minimum Gasteiger partial charge on any atom is -0.299 e. The van der Waals surface area contributed by atoms with E-state index in [0.717, 1.165) is 0 Å². The Kier molecular flexibility index (Phi) is 5.18. The first-order chi connectivity index (χ1) is 2.56. The van der Waals surface area contributed by atoms with E-state index < -0.39 is 3.79 Å². The molecule has 0 rings (SSSR count). The van der Waals surface area contributed by atoms with Crippen LogP contribution in [0.5, 0.6) is 0 Å². The van der Waals surface area contributed by atoms with E-state index in [9.17, 15) is 4.79 Å². The van der Waals surface area contributed by atoms with E-state index in [1.807, 2.05) is 0 Å². The maximum Gasteiger partial charge on any atom is 0.245 e. The smallest absolute Gasteiger partial charge is 0.245 e. The average Bonchev–Trinajstić information content (AvgIpc) is 1.35. The van der Waals surface area contributed by atoms with E-state index in [0.29, 0.717) is 0 Å². The van der Waals surface area contributed by atoms with Crippen LogP contribution in [0.25, 0.3) is 0 Å². The SMILES string of the molecule is F.O=CC(Cl)(Cl)Cl. The van der Waals surface area contributed by atoms with Crippen molar-refractivity contribution in [3.63, 3.8) is 0 Å². The lowest BCUT2D eigenvalue weighted by molar-refractivity contribution is -0.107. The molecular weight excluding hydrogens is 165 g/mol. The number of halogens is 4. The van der Waals surface area contributed by atoms with Crippen LogP contribution in [0.15, 0.2) is 0 Å². The van der Waals surface area contributed by atoms with E-state index in [1.165, 1.54) is 0 Å². The molecule has 0 bridgehead atoms. The summed E-state index contributed by atoms with van der Waals surface area (Å²) in [4.78, 5) is 9.43. The Morgan fingerprint density at radius 3 is 1.43 bits per heavy atom. The highest BCUT2D eigenvalue weighted by Gasteiger charge is 2.16. The number of hydrogen-bond acceptors (Lipinski definition) is 1. The second-order valence-electron chi connectivity index (χ2n) is 0.659. The third kappa shape index (κ3) is 10.7. The Labute approximate surface area is 54.9 Å². The van der Waals surface area contributed by atoms with Crippen molar-refractivity contribution < 1.29 is 9.50 Å². The molecule has 44 valence electrons. The van der Waals surface area contributed by atoms with Crippen LogP contribution < -0.4 is 0 Å². The Hall–Kier alpha value is 0.470. The van der Waals surface area contributed by atoms with E-state index in [2.05, 4.69) is 0 Å². The van der Waals surface area contributed by atoms with Gasteiger partial charge in [-0.3, -0.25) is 9.50 Å². The van der Waals surface area contributed by atoms with Crippen molar-refractivity contribution in [2.45, 2.75) is 3.79 Å². The summed E-state index contributed by atoms with van der Waals surface area (Å²) in [6, 6.07) is 0. The number of carbonyl (C=O) groups is 1. The summed E-state index contributed by atoms with van der Waals surface area (Å²) >= 11 is 14.6. The Morgan fingerprint density at radius 2 is 1.43 bits per heavy atom. The molecular formula is C2H2Cl3FO. The van der Waals surface area contributed by atoms with Crippen LogP contribution in [-0.2, 0) is 4.79 Å². The number of hydrogen-bond donors (Lipinski definition) is 0. The van der Waals surface area contributed by atoms with Crippen molar-refractivity contribution in [2.24, 2.45) is 0 Å². The fourth-order valence-corrected chi connectivity index (χ4v) is 0. The van der Waals surface area contributed by atoms with Crippen molar-refractivity contribution in [3.05, 3.63) is 0 Å². The van der Waals surface area contributed by atoms with Crippen LogP contribution in [0, 0.1) is 0 Å². The minimum absolute atomic E-state index is 0. The zero-order chi connectivity index (χ0) is 5.21. The summed E-state index contributed by atoms with van der Waals surface area (Å²) in [5.74, 6) is 0. The lowest BCUT2D eigenvalue weighted by Gasteiger charge is -1.93. The summed E-state index contributed by atoms with van der Waals surface area (Å²) in [5, 5.41) is 0. The Bertz CT molecular complexity index is 58.4. The fraction of sp³-hybridized carbons (Fsp3) is 0.500. The minimum atomic E-state index is -1.72. The van der Waals surface area contributed by atoms with Gasteiger partial charge in [-0.05, 0) is 0 Å². The average molecular weight is 167 g/mol.